The smallest absolute Gasteiger partial charge is 0.0713 e. The van der Waals surface area contributed by atoms with Gasteiger partial charge in [-0.25, -0.2) is 4.98 Å². The van der Waals surface area contributed by atoms with Crippen molar-refractivity contribution in [3.63, 3.8) is 0 Å². The van der Waals surface area contributed by atoms with Gasteiger partial charge in [0, 0.05) is 10.8 Å². The van der Waals surface area contributed by atoms with E-state index in [1.54, 1.807) is 0 Å². The van der Waals surface area contributed by atoms with Gasteiger partial charge in [-0.05, 0) is 41.3 Å². The molecule has 0 atom stereocenters. The summed E-state index contributed by atoms with van der Waals surface area (Å²) >= 11 is 0. The fourth-order valence-electron chi connectivity index (χ4n) is 3.11. The SMILES string of the molecule is C=Cc1ccc2nc3ccccc3cc2c1Cc1ccccc1.Cl. The van der Waals surface area contributed by atoms with E-state index in [-0.39, 0.29) is 12.4 Å². The Morgan fingerprint density at radius 3 is 2.38 bits per heavy atom. The van der Waals surface area contributed by atoms with Crippen molar-refractivity contribution in [3.8, 4) is 0 Å². The van der Waals surface area contributed by atoms with E-state index in [0.29, 0.717) is 0 Å². The van der Waals surface area contributed by atoms with Crippen molar-refractivity contribution in [2.75, 3.05) is 0 Å². The lowest BCUT2D eigenvalue weighted by Gasteiger charge is -2.12. The number of para-hydroxylation sites is 1. The minimum absolute atomic E-state index is 0. The summed E-state index contributed by atoms with van der Waals surface area (Å²) in [5.74, 6) is 0. The summed E-state index contributed by atoms with van der Waals surface area (Å²) in [4.78, 5) is 4.82. The maximum absolute atomic E-state index is 4.82. The van der Waals surface area contributed by atoms with E-state index in [9.17, 15) is 0 Å². The van der Waals surface area contributed by atoms with Gasteiger partial charge in [-0.1, -0.05) is 67.3 Å². The normalized spacial score (nSPS) is 10.5. The highest BCUT2D eigenvalue weighted by atomic mass is 35.5. The number of hydrogen-bond acceptors (Lipinski definition) is 1. The molecule has 4 rings (SSSR count). The molecular formula is C22H18ClN. The van der Waals surface area contributed by atoms with Gasteiger partial charge in [0.05, 0.1) is 11.0 Å². The largest absolute Gasteiger partial charge is 0.248 e. The first-order chi connectivity index (χ1) is 11.3. The minimum atomic E-state index is 0. The van der Waals surface area contributed by atoms with Gasteiger partial charge >= 0.3 is 0 Å². The molecular weight excluding hydrogens is 314 g/mol. The van der Waals surface area contributed by atoms with E-state index in [1.165, 1.54) is 27.5 Å². The minimum Gasteiger partial charge on any atom is -0.248 e. The monoisotopic (exact) mass is 331 g/mol. The lowest BCUT2D eigenvalue weighted by Crippen LogP contribution is -1.95. The van der Waals surface area contributed by atoms with Crippen LogP contribution in [0.25, 0.3) is 27.9 Å². The summed E-state index contributed by atoms with van der Waals surface area (Å²) in [6.45, 7) is 3.98. The molecule has 1 aromatic heterocycles. The highest BCUT2D eigenvalue weighted by molar-refractivity contribution is 5.96. The fraction of sp³-hybridized carbons (Fsp3) is 0.0455. The van der Waals surface area contributed by atoms with E-state index >= 15 is 0 Å². The van der Waals surface area contributed by atoms with Crippen LogP contribution in [0.2, 0.25) is 0 Å². The predicted molar refractivity (Wildman–Crippen MR) is 106 cm³/mol. The first kappa shape index (κ1) is 16.2. The molecule has 0 aliphatic carbocycles. The number of rotatable bonds is 3. The van der Waals surface area contributed by atoms with E-state index < -0.39 is 0 Å². The molecule has 4 aromatic rings. The molecule has 0 bridgehead atoms. The van der Waals surface area contributed by atoms with Crippen LogP contribution in [-0.4, -0.2) is 4.98 Å². The maximum atomic E-state index is 4.82. The van der Waals surface area contributed by atoms with Crippen molar-refractivity contribution in [1.82, 2.24) is 4.98 Å². The first-order valence-electron chi connectivity index (χ1n) is 7.83. The Balaban J connectivity index is 0.00000169. The van der Waals surface area contributed by atoms with Crippen molar-refractivity contribution >= 4 is 40.3 Å². The molecule has 0 saturated carbocycles. The molecule has 0 amide bonds. The summed E-state index contributed by atoms with van der Waals surface area (Å²) in [5.41, 5.74) is 5.86. The van der Waals surface area contributed by atoms with Gasteiger partial charge in [0.15, 0.2) is 0 Å². The second-order valence-corrected chi connectivity index (χ2v) is 5.75. The van der Waals surface area contributed by atoms with Crippen LogP contribution in [0.5, 0.6) is 0 Å². The quantitative estimate of drug-likeness (QED) is 0.417. The molecule has 0 aliphatic rings. The number of pyridine rings is 1. The van der Waals surface area contributed by atoms with Crippen LogP contribution < -0.4 is 0 Å². The van der Waals surface area contributed by atoms with E-state index in [4.69, 9.17) is 4.98 Å². The molecule has 0 fully saturated rings. The van der Waals surface area contributed by atoms with Crippen LogP contribution in [0.1, 0.15) is 16.7 Å². The molecule has 118 valence electrons. The van der Waals surface area contributed by atoms with E-state index in [2.05, 4.69) is 73.3 Å². The highest BCUT2D eigenvalue weighted by Gasteiger charge is 2.09. The number of nitrogens with zero attached hydrogens (tertiary/aromatic N) is 1. The Bertz CT molecular complexity index is 1010. The van der Waals surface area contributed by atoms with Crippen LogP contribution in [0.3, 0.4) is 0 Å². The molecule has 24 heavy (non-hydrogen) atoms. The van der Waals surface area contributed by atoms with E-state index in [0.717, 1.165) is 17.5 Å². The summed E-state index contributed by atoms with van der Waals surface area (Å²) < 4.78 is 0. The van der Waals surface area contributed by atoms with Crippen molar-refractivity contribution in [2.24, 2.45) is 0 Å². The zero-order valence-electron chi connectivity index (χ0n) is 13.3. The zero-order chi connectivity index (χ0) is 15.6. The third-order valence-electron chi connectivity index (χ3n) is 4.29. The Kier molecular flexibility index (Phi) is 4.64. The van der Waals surface area contributed by atoms with Gasteiger partial charge < -0.3 is 0 Å². The molecule has 0 radical (unpaired) electrons. The van der Waals surface area contributed by atoms with Crippen LogP contribution in [0.4, 0.5) is 0 Å². The summed E-state index contributed by atoms with van der Waals surface area (Å²) in [6, 6.07) is 25.3. The Morgan fingerprint density at radius 1 is 0.833 bits per heavy atom. The number of hydrogen-bond donors (Lipinski definition) is 0. The van der Waals surface area contributed by atoms with Gasteiger partial charge in [0.1, 0.15) is 0 Å². The maximum Gasteiger partial charge on any atom is 0.0713 e. The topological polar surface area (TPSA) is 12.9 Å². The van der Waals surface area contributed by atoms with Crippen LogP contribution in [-0.2, 0) is 6.42 Å². The Hall–Kier alpha value is -2.64. The second-order valence-electron chi connectivity index (χ2n) is 5.75. The van der Waals surface area contributed by atoms with Gasteiger partial charge in [0.25, 0.3) is 0 Å². The van der Waals surface area contributed by atoms with E-state index in [1.807, 2.05) is 12.1 Å². The molecule has 1 heterocycles. The van der Waals surface area contributed by atoms with Gasteiger partial charge in [0.2, 0.25) is 0 Å². The van der Waals surface area contributed by atoms with Gasteiger partial charge in [-0.3, -0.25) is 0 Å². The lowest BCUT2D eigenvalue weighted by atomic mass is 9.94. The Morgan fingerprint density at radius 2 is 1.58 bits per heavy atom. The number of halogens is 1. The average molecular weight is 332 g/mol. The third kappa shape index (κ3) is 2.91. The van der Waals surface area contributed by atoms with Crippen molar-refractivity contribution in [2.45, 2.75) is 6.42 Å². The van der Waals surface area contributed by atoms with Crippen LogP contribution in [0.15, 0.2) is 79.4 Å². The van der Waals surface area contributed by atoms with Gasteiger partial charge in [-0.2, -0.15) is 0 Å². The molecule has 0 spiro atoms. The molecule has 0 saturated heterocycles. The first-order valence-corrected chi connectivity index (χ1v) is 7.83. The third-order valence-corrected chi connectivity index (χ3v) is 4.29. The average Bonchev–Trinajstić information content (AvgIpc) is 2.61. The molecule has 0 N–H and O–H groups in total. The van der Waals surface area contributed by atoms with Gasteiger partial charge in [-0.15, -0.1) is 12.4 Å². The predicted octanol–water partition coefficient (Wildman–Crippen LogP) is 6.04. The fourth-order valence-corrected chi connectivity index (χ4v) is 3.11. The number of benzene rings is 3. The standard InChI is InChI=1S/C22H17N.ClH/c1-2-17-12-13-22-20(15-18-10-6-7-11-21(18)23-22)19(17)14-16-8-4-3-5-9-16;/h2-13,15H,1,14H2;1H. The lowest BCUT2D eigenvalue weighted by molar-refractivity contribution is 1.20. The summed E-state index contributed by atoms with van der Waals surface area (Å²) in [7, 11) is 0. The highest BCUT2D eigenvalue weighted by Crippen LogP contribution is 2.28. The number of fused-ring (bicyclic) bond motifs is 2. The summed E-state index contributed by atoms with van der Waals surface area (Å²) in [6.07, 6.45) is 2.83. The van der Waals surface area contributed by atoms with Crippen molar-refractivity contribution in [1.29, 1.82) is 0 Å². The molecule has 3 aromatic carbocycles. The van der Waals surface area contributed by atoms with Crippen molar-refractivity contribution < 1.29 is 0 Å². The van der Waals surface area contributed by atoms with Crippen LogP contribution in [0, 0.1) is 0 Å². The number of aromatic nitrogens is 1. The summed E-state index contributed by atoms with van der Waals surface area (Å²) in [5, 5.41) is 2.39. The zero-order valence-corrected chi connectivity index (χ0v) is 14.1. The molecule has 1 nitrogen and oxygen atoms in total. The second kappa shape index (κ2) is 6.86. The molecule has 2 heteroatoms. The Labute approximate surface area is 148 Å². The van der Waals surface area contributed by atoms with Crippen molar-refractivity contribution in [3.05, 3.63) is 96.1 Å². The van der Waals surface area contributed by atoms with Crippen LogP contribution >= 0.6 is 12.4 Å². The molecule has 0 aliphatic heterocycles. The molecule has 0 unspecified atom stereocenters.